The molecule has 0 fully saturated rings. The zero-order chi connectivity index (χ0) is 17.5. The van der Waals surface area contributed by atoms with Crippen LogP contribution in [0.15, 0.2) is 52.7 Å². The fourth-order valence-corrected chi connectivity index (χ4v) is 2.24. The zero-order valence-electron chi connectivity index (χ0n) is 14.7. The Kier molecular flexibility index (Phi) is 6.18. The minimum absolute atomic E-state index is 0.235. The number of carbonyl (C=O) groups is 1. The van der Waals surface area contributed by atoms with Crippen LogP contribution in [0.1, 0.15) is 32.1 Å². The van der Waals surface area contributed by atoms with Crippen LogP contribution in [-0.2, 0) is 12.8 Å². The molecular weight excluding hydrogens is 302 g/mol. The van der Waals surface area contributed by atoms with Gasteiger partial charge in [-0.1, -0.05) is 55.4 Å². The molecule has 1 heterocycles. The number of benzene rings is 1. The highest BCUT2D eigenvalue weighted by Crippen LogP contribution is 2.14. The molecule has 0 spiro atoms. The van der Waals surface area contributed by atoms with Gasteiger partial charge >= 0.3 is 6.03 Å². The van der Waals surface area contributed by atoms with Crippen molar-refractivity contribution in [1.29, 1.82) is 0 Å². The number of amides is 2. The molecule has 0 aliphatic carbocycles. The Morgan fingerprint density at radius 3 is 2.71 bits per heavy atom. The minimum Gasteiger partial charge on any atom is -0.359 e. The van der Waals surface area contributed by atoms with Crippen molar-refractivity contribution < 1.29 is 9.32 Å². The van der Waals surface area contributed by atoms with E-state index in [0.29, 0.717) is 11.7 Å². The lowest BCUT2D eigenvalue weighted by Gasteiger charge is -2.17. The van der Waals surface area contributed by atoms with Gasteiger partial charge in [0.05, 0.1) is 0 Å². The lowest BCUT2D eigenvalue weighted by Crippen LogP contribution is -2.30. The summed E-state index contributed by atoms with van der Waals surface area (Å²) < 4.78 is 5.22. The molecule has 0 aliphatic heterocycles. The summed E-state index contributed by atoms with van der Waals surface area (Å²) in [7, 11) is 1.74. The number of hydrogen-bond donors (Lipinski definition) is 1. The molecule has 1 N–H and O–H groups in total. The Labute approximate surface area is 143 Å². The molecule has 0 bridgehead atoms. The molecule has 5 nitrogen and oxygen atoms in total. The van der Waals surface area contributed by atoms with Crippen LogP contribution < -0.4 is 5.32 Å². The summed E-state index contributed by atoms with van der Waals surface area (Å²) in [5, 5.41) is 6.65. The minimum atomic E-state index is -0.235. The first-order valence-corrected chi connectivity index (χ1v) is 8.16. The van der Waals surface area contributed by atoms with E-state index in [4.69, 9.17) is 4.52 Å². The molecule has 0 aliphatic rings. The summed E-state index contributed by atoms with van der Waals surface area (Å²) in [6.45, 7) is 6.13. The Morgan fingerprint density at radius 1 is 1.33 bits per heavy atom. The van der Waals surface area contributed by atoms with Crippen LogP contribution in [0.3, 0.4) is 0 Å². The summed E-state index contributed by atoms with van der Waals surface area (Å²) in [4.78, 5) is 13.9. The second kappa shape index (κ2) is 8.34. The van der Waals surface area contributed by atoms with Gasteiger partial charge in [0.15, 0.2) is 5.82 Å². The highest BCUT2D eigenvalue weighted by molar-refractivity contribution is 5.89. The van der Waals surface area contributed by atoms with Gasteiger partial charge in [-0.15, -0.1) is 0 Å². The van der Waals surface area contributed by atoms with E-state index in [-0.39, 0.29) is 6.03 Å². The van der Waals surface area contributed by atoms with E-state index in [2.05, 4.69) is 36.5 Å². The van der Waals surface area contributed by atoms with Crippen molar-refractivity contribution in [2.45, 2.75) is 33.6 Å². The molecule has 24 heavy (non-hydrogen) atoms. The summed E-state index contributed by atoms with van der Waals surface area (Å²) in [6.07, 6.45) is 3.61. The smallest absolute Gasteiger partial charge is 0.327 e. The van der Waals surface area contributed by atoms with Crippen molar-refractivity contribution in [3.63, 3.8) is 0 Å². The third kappa shape index (κ3) is 5.26. The van der Waals surface area contributed by atoms with Gasteiger partial charge in [-0.3, -0.25) is 5.32 Å². The fraction of sp³-hybridized carbons (Fsp3) is 0.368. The maximum atomic E-state index is 12.3. The van der Waals surface area contributed by atoms with Crippen molar-refractivity contribution >= 4 is 11.8 Å². The second-order valence-corrected chi connectivity index (χ2v) is 6.30. The number of hydrogen-bond acceptors (Lipinski definition) is 3. The van der Waals surface area contributed by atoms with Gasteiger partial charge in [-0.25, -0.2) is 4.79 Å². The Balaban J connectivity index is 1.92. The highest BCUT2D eigenvalue weighted by atomic mass is 16.5. The van der Waals surface area contributed by atoms with Crippen molar-refractivity contribution in [1.82, 2.24) is 10.1 Å². The van der Waals surface area contributed by atoms with Gasteiger partial charge in [0.2, 0.25) is 0 Å². The van der Waals surface area contributed by atoms with Crippen LogP contribution in [0.4, 0.5) is 10.6 Å². The van der Waals surface area contributed by atoms with E-state index in [1.54, 1.807) is 18.0 Å². The third-order valence-corrected chi connectivity index (χ3v) is 3.71. The second-order valence-electron chi connectivity index (χ2n) is 6.30. The van der Waals surface area contributed by atoms with E-state index in [9.17, 15) is 4.79 Å². The molecule has 2 aromatic rings. The number of aromatic nitrogens is 1. The topological polar surface area (TPSA) is 58.4 Å². The van der Waals surface area contributed by atoms with Gasteiger partial charge < -0.3 is 9.42 Å². The molecular formula is C19H25N3O2. The van der Waals surface area contributed by atoms with Gasteiger partial charge in [0.1, 0.15) is 5.76 Å². The average molecular weight is 327 g/mol. The number of nitrogens with zero attached hydrogens (tertiary/aromatic N) is 2. The third-order valence-electron chi connectivity index (χ3n) is 3.71. The van der Waals surface area contributed by atoms with Crippen LogP contribution in [0, 0.1) is 5.92 Å². The molecule has 2 rings (SSSR count). The molecule has 1 aromatic carbocycles. The Bertz CT molecular complexity index is 690. The van der Waals surface area contributed by atoms with E-state index < -0.39 is 0 Å². The number of anilines is 1. The summed E-state index contributed by atoms with van der Waals surface area (Å²) >= 11 is 0. The standard InChI is InChI=1S/C19H25N3O2/c1-14(2)12-17-13-18(21-24-17)20-19(23)22(4)15(3)10-11-16-8-6-5-7-9-16/h5-10,13-14H,11-12H2,1-4H3,(H,20,21,23). The van der Waals surface area contributed by atoms with Gasteiger partial charge in [-0.05, 0) is 24.8 Å². The maximum Gasteiger partial charge on any atom is 0.327 e. The van der Waals surface area contributed by atoms with E-state index >= 15 is 0 Å². The number of carbonyl (C=O) groups excluding carboxylic acids is 1. The van der Waals surface area contributed by atoms with Gasteiger partial charge in [0, 0.05) is 25.2 Å². The summed E-state index contributed by atoms with van der Waals surface area (Å²) in [6, 6.07) is 11.7. The van der Waals surface area contributed by atoms with Crippen molar-refractivity contribution in [3.05, 3.63) is 59.5 Å². The van der Waals surface area contributed by atoms with E-state index in [1.807, 2.05) is 31.2 Å². The predicted molar refractivity (Wildman–Crippen MR) is 95.7 cm³/mol. The molecule has 0 saturated carbocycles. The van der Waals surface area contributed by atoms with E-state index in [1.165, 1.54) is 5.56 Å². The maximum absolute atomic E-state index is 12.3. The molecule has 0 unspecified atom stereocenters. The first-order valence-electron chi connectivity index (χ1n) is 8.16. The summed E-state index contributed by atoms with van der Waals surface area (Å²) in [5.41, 5.74) is 2.09. The summed E-state index contributed by atoms with van der Waals surface area (Å²) in [5.74, 6) is 1.70. The predicted octanol–water partition coefficient (Wildman–Crippen LogP) is 4.48. The van der Waals surface area contributed by atoms with Gasteiger partial charge in [0.25, 0.3) is 0 Å². The van der Waals surface area contributed by atoms with Crippen molar-refractivity contribution in [3.8, 4) is 0 Å². The SMILES string of the molecule is CC(=CCc1ccccc1)N(C)C(=O)Nc1cc(CC(C)C)on1. The Morgan fingerprint density at radius 2 is 2.04 bits per heavy atom. The van der Waals surface area contributed by atoms with Crippen LogP contribution in [0.2, 0.25) is 0 Å². The fourth-order valence-electron chi connectivity index (χ4n) is 2.24. The van der Waals surface area contributed by atoms with Crippen molar-refractivity contribution in [2.24, 2.45) is 5.92 Å². The van der Waals surface area contributed by atoms with Crippen LogP contribution in [0.5, 0.6) is 0 Å². The quantitative estimate of drug-likeness (QED) is 0.851. The molecule has 0 radical (unpaired) electrons. The number of allylic oxidation sites excluding steroid dienone is 2. The highest BCUT2D eigenvalue weighted by Gasteiger charge is 2.13. The zero-order valence-corrected chi connectivity index (χ0v) is 14.7. The largest absolute Gasteiger partial charge is 0.359 e. The molecule has 2 amide bonds. The van der Waals surface area contributed by atoms with E-state index in [0.717, 1.165) is 24.3 Å². The molecule has 1 aromatic heterocycles. The lowest BCUT2D eigenvalue weighted by molar-refractivity contribution is 0.232. The normalized spacial score (nSPS) is 11.6. The first kappa shape index (κ1) is 17.8. The Hall–Kier alpha value is -2.56. The number of nitrogens with one attached hydrogen (secondary N) is 1. The molecule has 0 saturated heterocycles. The first-order chi connectivity index (χ1) is 11.5. The molecule has 128 valence electrons. The average Bonchev–Trinajstić information content (AvgIpc) is 2.98. The molecule has 0 atom stereocenters. The van der Waals surface area contributed by atoms with Crippen LogP contribution >= 0.6 is 0 Å². The number of rotatable bonds is 6. The van der Waals surface area contributed by atoms with Crippen molar-refractivity contribution in [2.75, 3.05) is 12.4 Å². The monoisotopic (exact) mass is 327 g/mol. The number of urea groups is 1. The van der Waals surface area contributed by atoms with Crippen LogP contribution in [0.25, 0.3) is 0 Å². The molecule has 5 heteroatoms. The lowest BCUT2D eigenvalue weighted by atomic mass is 10.1. The van der Waals surface area contributed by atoms with Crippen LogP contribution in [-0.4, -0.2) is 23.1 Å². The van der Waals surface area contributed by atoms with Gasteiger partial charge in [-0.2, -0.15) is 0 Å².